The molecule has 0 aliphatic rings. The predicted molar refractivity (Wildman–Crippen MR) is 78.8 cm³/mol. The zero-order valence-corrected chi connectivity index (χ0v) is 12.2. The van der Waals surface area contributed by atoms with Gasteiger partial charge < -0.3 is 14.5 Å². The number of esters is 1. The van der Waals surface area contributed by atoms with Gasteiger partial charge in [-0.3, -0.25) is 4.79 Å². The molecule has 0 radical (unpaired) electrons. The molecule has 1 amide bonds. The Hall–Kier alpha value is -2.30. The lowest BCUT2D eigenvalue weighted by Crippen LogP contribution is -2.42. The van der Waals surface area contributed by atoms with Crippen LogP contribution in [0.4, 0.5) is 0 Å². The van der Waals surface area contributed by atoms with Crippen LogP contribution >= 0.6 is 0 Å². The third kappa shape index (κ3) is 3.84. The van der Waals surface area contributed by atoms with E-state index in [4.69, 9.17) is 9.15 Å². The number of rotatable bonds is 6. The molecule has 21 heavy (non-hydrogen) atoms. The van der Waals surface area contributed by atoms with Crippen LogP contribution in [0.3, 0.4) is 0 Å². The first kappa shape index (κ1) is 15.1. The standard InChI is InChI=1S/C16H19NO4/c1-3-8-20-16(19)14(17-11(2)18)9-12-10-21-15-7-5-4-6-13(12)15/h4-7,10,14H,3,8-9H2,1-2H3,(H,17,18)/t14-/m0/s1. The molecule has 2 rings (SSSR count). The Morgan fingerprint density at radius 1 is 1.33 bits per heavy atom. The topological polar surface area (TPSA) is 68.5 Å². The maximum Gasteiger partial charge on any atom is 0.328 e. The van der Waals surface area contributed by atoms with Crippen molar-refractivity contribution in [3.8, 4) is 0 Å². The van der Waals surface area contributed by atoms with Crippen LogP contribution in [0.2, 0.25) is 0 Å². The van der Waals surface area contributed by atoms with Gasteiger partial charge in [-0.25, -0.2) is 4.79 Å². The van der Waals surface area contributed by atoms with Crippen molar-refractivity contribution in [3.05, 3.63) is 36.1 Å². The van der Waals surface area contributed by atoms with Gasteiger partial charge in [0.15, 0.2) is 0 Å². The number of ether oxygens (including phenoxy) is 1. The van der Waals surface area contributed by atoms with Crippen molar-refractivity contribution in [1.29, 1.82) is 0 Å². The second-order valence-corrected chi connectivity index (χ2v) is 4.88. The quantitative estimate of drug-likeness (QED) is 0.829. The first-order valence-corrected chi connectivity index (χ1v) is 7.00. The molecule has 0 aliphatic heterocycles. The van der Waals surface area contributed by atoms with Gasteiger partial charge in [-0.05, 0) is 12.5 Å². The number of para-hydroxylation sites is 1. The summed E-state index contributed by atoms with van der Waals surface area (Å²) in [5, 5.41) is 3.58. The summed E-state index contributed by atoms with van der Waals surface area (Å²) in [7, 11) is 0. The largest absolute Gasteiger partial charge is 0.464 e. The summed E-state index contributed by atoms with van der Waals surface area (Å²) in [5.41, 5.74) is 1.63. The van der Waals surface area contributed by atoms with Crippen LogP contribution < -0.4 is 5.32 Å². The number of hydrogen-bond acceptors (Lipinski definition) is 4. The Bertz CT molecular complexity index is 632. The van der Waals surface area contributed by atoms with Gasteiger partial charge in [-0.1, -0.05) is 25.1 Å². The number of benzene rings is 1. The van der Waals surface area contributed by atoms with Crippen LogP contribution in [0.5, 0.6) is 0 Å². The number of nitrogens with one attached hydrogen (secondary N) is 1. The van der Waals surface area contributed by atoms with Crippen LogP contribution in [-0.4, -0.2) is 24.5 Å². The molecule has 1 aromatic heterocycles. The summed E-state index contributed by atoms with van der Waals surface area (Å²) in [6.45, 7) is 3.65. The van der Waals surface area contributed by atoms with E-state index in [0.717, 1.165) is 23.0 Å². The number of furan rings is 1. The first-order valence-electron chi connectivity index (χ1n) is 7.00. The van der Waals surface area contributed by atoms with Gasteiger partial charge in [0.25, 0.3) is 0 Å². The molecule has 0 spiro atoms. The molecule has 1 heterocycles. The van der Waals surface area contributed by atoms with E-state index in [1.807, 2.05) is 31.2 Å². The predicted octanol–water partition coefficient (Wildman–Crippen LogP) is 2.43. The number of fused-ring (bicyclic) bond motifs is 1. The van der Waals surface area contributed by atoms with Crippen LogP contribution in [0.1, 0.15) is 25.8 Å². The van der Waals surface area contributed by atoms with E-state index >= 15 is 0 Å². The molecular formula is C16H19NO4. The Balaban J connectivity index is 2.17. The van der Waals surface area contributed by atoms with E-state index in [9.17, 15) is 9.59 Å². The van der Waals surface area contributed by atoms with Crippen molar-refractivity contribution in [2.45, 2.75) is 32.7 Å². The lowest BCUT2D eigenvalue weighted by atomic mass is 10.0. The highest BCUT2D eigenvalue weighted by Gasteiger charge is 2.23. The normalized spacial score (nSPS) is 12.1. The van der Waals surface area contributed by atoms with Crippen LogP contribution in [-0.2, 0) is 20.7 Å². The molecule has 0 unspecified atom stereocenters. The Morgan fingerprint density at radius 2 is 2.10 bits per heavy atom. The Labute approximate surface area is 123 Å². The van der Waals surface area contributed by atoms with E-state index < -0.39 is 12.0 Å². The number of amides is 1. The van der Waals surface area contributed by atoms with E-state index in [1.165, 1.54) is 6.92 Å². The molecule has 0 fully saturated rings. The average molecular weight is 289 g/mol. The van der Waals surface area contributed by atoms with E-state index in [-0.39, 0.29) is 5.91 Å². The van der Waals surface area contributed by atoms with Gasteiger partial charge in [0.1, 0.15) is 11.6 Å². The molecule has 1 aromatic carbocycles. The molecule has 5 nitrogen and oxygen atoms in total. The van der Waals surface area contributed by atoms with Crippen LogP contribution in [0.25, 0.3) is 11.0 Å². The molecule has 1 N–H and O–H groups in total. The SMILES string of the molecule is CCCOC(=O)[C@H](Cc1coc2ccccc12)NC(C)=O. The fraction of sp³-hybridized carbons (Fsp3) is 0.375. The number of carbonyl (C=O) groups excluding carboxylic acids is 2. The first-order chi connectivity index (χ1) is 10.1. The van der Waals surface area contributed by atoms with Gasteiger partial charge in [-0.15, -0.1) is 0 Å². The van der Waals surface area contributed by atoms with Crippen molar-refractivity contribution in [1.82, 2.24) is 5.32 Å². The minimum atomic E-state index is -0.699. The van der Waals surface area contributed by atoms with Crippen LogP contribution in [0.15, 0.2) is 34.9 Å². The van der Waals surface area contributed by atoms with Crippen LogP contribution in [0, 0.1) is 0 Å². The van der Waals surface area contributed by atoms with Crippen molar-refractivity contribution in [2.24, 2.45) is 0 Å². The zero-order valence-electron chi connectivity index (χ0n) is 12.2. The molecule has 2 aromatic rings. The lowest BCUT2D eigenvalue weighted by Gasteiger charge is -2.16. The van der Waals surface area contributed by atoms with E-state index in [2.05, 4.69) is 5.32 Å². The minimum absolute atomic E-state index is 0.263. The molecule has 0 saturated carbocycles. The molecule has 0 aliphatic carbocycles. The molecule has 1 atom stereocenters. The third-order valence-corrected chi connectivity index (χ3v) is 3.10. The fourth-order valence-electron chi connectivity index (χ4n) is 2.15. The van der Waals surface area contributed by atoms with Gasteiger partial charge in [0, 0.05) is 24.3 Å². The summed E-state index contributed by atoms with van der Waals surface area (Å²) in [5.74, 6) is -0.682. The van der Waals surface area contributed by atoms with Gasteiger partial charge in [-0.2, -0.15) is 0 Å². The zero-order chi connectivity index (χ0) is 15.2. The maximum absolute atomic E-state index is 12.0. The molecular weight excluding hydrogens is 270 g/mol. The highest BCUT2D eigenvalue weighted by Crippen LogP contribution is 2.22. The molecule has 5 heteroatoms. The second kappa shape index (κ2) is 6.92. The average Bonchev–Trinajstić information content (AvgIpc) is 2.87. The third-order valence-electron chi connectivity index (χ3n) is 3.10. The van der Waals surface area contributed by atoms with Gasteiger partial charge in [0.05, 0.1) is 12.9 Å². The lowest BCUT2D eigenvalue weighted by molar-refractivity contribution is -0.147. The number of carbonyl (C=O) groups is 2. The maximum atomic E-state index is 12.0. The second-order valence-electron chi connectivity index (χ2n) is 4.88. The highest BCUT2D eigenvalue weighted by molar-refractivity contribution is 5.85. The minimum Gasteiger partial charge on any atom is -0.464 e. The summed E-state index contributed by atoms with van der Waals surface area (Å²) < 4.78 is 10.6. The Kier molecular flexibility index (Phi) is 4.98. The van der Waals surface area contributed by atoms with E-state index in [1.54, 1.807) is 6.26 Å². The van der Waals surface area contributed by atoms with Crippen molar-refractivity contribution in [3.63, 3.8) is 0 Å². The summed E-state index contributed by atoms with van der Waals surface area (Å²) in [4.78, 5) is 23.3. The Morgan fingerprint density at radius 3 is 2.81 bits per heavy atom. The van der Waals surface area contributed by atoms with Crippen molar-refractivity contribution in [2.75, 3.05) is 6.61 Å². The molecule has 0 bridgehead atoms. The van der Waals surface area contributed by atoms with Gasteiger partial charge >= 0.3 is 5.97 Å². The summed E-state index contributed by atoms with van der Waals surface area (Å²) in [6.07, 6.45) is 2.71. The fourth-order valence-corrected chi connectivity index (χ4v) is 2.15. The van der Waals surface area contributed by atoms with Crippen molar-refractivity contribution < 1.29 is 18.7 Å². The molecule has 0 saturated heterocycles. The van der Waals surface area contributed by atoms with Crippen molar-refractivity contribution >= 4 is 22.8 Å². The summed E-state index contributed by atoms with van der Waals surface area (Å²) >= 11 is 0. The highest BCUT2D eigenvalue weighted by atomic mass is 16.5. The number of hydrogen-bond donors (Lipinski definition) is 1. The smallest absolute Gasteiger partial charge is 0.328 e. The van der Waals surface area contributed by atoms with Gasteiger partial charge in [0.2, 0.25) is 5.91 Å². The summed E-state index contributed by atoms with van der Waals surface area (Å²) in [6, 6.07) is 6.88. The monoisotopic (exact) mass is 289 g/mol. The molecule has 112 valence electrons. The van der Waals surface area contributed by atoms with E-state index in [0.29, 0.717) is 13.0 Å².